The first-order valence-electron chi connectivity index (χ1n) is 8.44. The summed E-state index contributed by atoms with van der Waals surface area (Å²) >= 11 is 11.8. The first-order valence-corrected chi connectivity index (χ1v) is 9.19. The average molecular weight is 368 g/mol. The van der Waals surface area contributed by atoms with Crippen molar-refractivity contribution in [3.05, 3.63) is 52.3 Å². The van der Waals surface area contributed by atoms with Crippen LogP contribution in [0, 0.1) is 0 Å². The Labute approximate surface area is 153 Å². The SMILES string of the molecule is OC1(c2ccc(Cl)cc2)CCN(CCCCn2cc(Cl)cn2)CC1. The van der Waals surface area contributed by atoms with Crippen molar-refractivity contribution >= 4 is 23.2 Å². The van der Waals surface area contributed by atoms with Gasteiger partial charge in [-0.2, -0.15) is 5.10 Å². The minimum Gasteiger partial charge on any atom is -0.385 e. The van der Waals surface area contributed by atoms with E-state index in [1.807, 2.05) is 35.1 Å². The zero-order chi connectivity index (χ0) is 17.0. The molecule has 1 aliphatic heterocycles. The molecule has 0 atom stereocenters. The van der Waals surface area contributed by atoms with E-state index in [4.69, 9.17) is 23.2 Å². The molecule has 0 amide bonds. The lowest BCUT2D eigenvalue weighted by atomic mass is 9.84. The summed E-state index contributed by atoms with van der Waals surface area (Å²) < 4.78 is 1.89. The van der Waals surface area contributed by atoms with E-state index in [1.165, 1.54) is 0 Å². The predicted molar refractivity (Wildman–Crippen MR) is 97.5 cm³/mol. The number of halogens is 2. The minimum absolute atomic E-state index is 0.688. The van der Waals surface area contributed by atoms with Gasteiger partial charge in [-0.15, -0.1) is 0 Å². The van der Waals surface area contributed by atoms with Gasteiger partial charge in [-0.3, -0.25) is 4.68 Å². The van der Waals surface area contributed by atoms with Crippen LogP contribution in [0.3, 0.4) is 0 Å². The molecule has 0 unspecified atom stereocenters. The number of aromatic nitrogens is 2. The zero-order valence-electron chi connectivity index (χ0n) is 13.7. The molecule has 130 valence electrons. The van der Waals surface area contributed by atoms with Crippen molar-refractivity contribution in [3.63, 3.8) is 0 Å². The molecule has 3 rings (SSSR count). The summed E-state index contributed by atoms with van der Waals surface area (Å²) in [7, 11) is 0. The predicted octanol–water partition coefficient (Wildman–Crippen LogP) is 3.95. The van der Waals surface area contributed by atoms with Crippen molar-refractivity contribution in [2.24, 2.45) is 0 Å². The van der Waals surface area contributed by atoms with Gasteiger partial charge in [-0.1, -0.05) is 35.3 Å². The van der Waals surface area contributed by atoms with Gasteiger partial charge in [0.2, 0.25) is 0 Å². The molecule has 24 heavy (non-hydrogen) atoms. The quantitative estimate of drug-likeness (QED) is 0.785. The molecule has 1 fully saturated rings. The van der Waals surface area contributed by atoms with Gasteiger partial charge in [-0.05, 0) is 49.9 Å². The highest BCUT2D eigenvalue weighted by Crippen LogP contribution is 2.33. The Morgan fingerprint density at radius 2 is 1.67 bits per heavy atom. The Balaban J connectivity index is 1.41. The normalized spacial score (nSPS) is 18.0. The average Bonchev–Trinajstić information content (AvgIpc) is 2.99. The van der Waals surface area contributed by atoms with Gasteiger partial charge >= 0.3 is 0 Å². The van der Waals surface area contributed by atoms with E-state index in [9.17, 15) is 5.11 Å². The van der Waals surface area contributed by atoms with Crippen LogP contribution in [-0.4, -0.2) is 39.4 Å². The summed E-state index contributed by atoms with van der Waals surface area (Å²) in [6, 6.07) is 7.58. The molecule has 0 aliphatic carbocycles. The molecule has 6 heteroatoms. The summed E-state index contributed by atoms with van der Waals surface area (Å²) in [5, 5.41) is 16.5. The van der Waals surface area contributed by atoms with Crippen molar-refractivity contribution in [2.45, 2.75) is 37.8 Å². The summed E-state index contributed by atoms with van der Waals surface area (Å²) in [4.78, 5) is 2.43. The summed E-state index contributed by atoms with van der Waals surface area (Å²) in [6.07, 6.45) is 7.26. The van der Waals surface area contributed by atoms with Gasteiger partial charge in [0.05, 0.1) is 16.8 Å². The Morgan fingerprint density at radius 3 is 2.29 bits per heavy atom. The largest absolute Gasteiger partial charge is 0.385 e. The van der Waals surface area contributed by atoms with E-state index in [-0.39, 0.29) is 0 Å². The number of benzene rings is 1. The molecule has 0 spiro atoms. The fraction of sp³-hybridized carbons (Fsp3) is 0.500. The zero-order valence-corrected chi connectivity index (χ0v) is 15.2. The number of rotatable bonds is 6. The molecule has 1 aromatic carbocycles. The topological polar surface area (TPSA) is 41.3 Å². The Bertz CT molecular complexity index is 649. The minimum atomic E-state index is -0.715. The van der Waals surface area contributed by atoms with E-state index in [0.29, 0.717) is 10.0 Å². The van der Waals surface area contributed by atoms with Gasteiger partial charge in [-0.25, -0.2) is 0 Å². The smallest absolute Gasteiger partial charge is 0.0920 e. The van der Waals surface area contributed by atoms with Crippen LogP contribution in [0.15, 0.2) is 36.7 Å². The maximum absolute atomic E-state index is 10.9. The Hall–Kier alpha value is -1.07. The van der Waals surface area contributed by atoms with Crippen LogP contribution in [0.2, 0.25) is 10.0 Å². The van der Waals surface area contributed by atoms with Crippen LogP contribution in [0.1, 0.15) is 31.2 Å². The summed E-state index contributed by atoms with van der Waals surface area (Å²) in [5.41, 5.74) is 0.259. The lowest BCUT2D eigenvalue weighted by Crippen LogP contribution is -2.42. The van der Waals surface area contributed by atoms with Crippen molar-refractivity contribution in [2.75, 3.05) is 19.6 Å². The number of likely N-dealkylation sites (tertiary alicyclic amines) is 1. The third-order valence-electron chi connectivity index (χ3n) is 4.78. The molecule has 1 aromatic heterocycles. The van der Waals surface area contributed by atoms with E-state index in [2.05, 4.69) is 10.00 Å². The second-order valence-corrected chi connectivity index (χ2v) is 7.38. The lowest BCUT2D eigenvalue weighted by Gasteiger charge is -2.38. The second kappa shape index (κ2) is 7.87. The molecular formula is C18H23Cl2N3O. The number of nitrogens with zero attached hydrogens (tertiary/aromatic N) is 3. The van der Waals surface area contributed by atoms with E-state index >= 15 is 0 Å². The number of hydrogen-bond donors (Lipinski definition) is 1. The molecular weight excluding hydrogens is 345 g/mol. The molecule has 2 aromatic rings. The monoisotopic (exact) mass is 367 g/mol. The van der Waals surface area contributed by atoms with E-state index in [1.54, 1.807) is 6.20 Å². The van der Waals surface area contributed by atoms with Gasteiger partial charge < -0.3 is 10.0 Å². The second-order valence-electron chi connectivity index (χ2n) is 6.51. The number of unbranched alkanes of at least 4 members (excludes halogenated alkanes) is 1. The molecule has 0 bridgehead atoms. The Kier molecular flexibility index (Phi) is 5.82. The van der Waals surface area contributed by atoms with Crippen LogP contribution in [0.4, 0.5) is 0 Å². The van der Waals surface area contributed by atoms with Crippen molar-refractivity contribution in [3.8, 4) is 0 Å². The number of hydrogen-bond acceptors (Lipinski definition) is 3. The van der Waals surface area contributed by atoms with E-state index in [0.717, 1.165) is 57.4 Å². The van der Waals surface area contributed by atoms with Crippen LogP contribution in [0.5, 0.6) is 0 Å². The first kappa shape index (κ1) is 17.7. The third-order valence-corrected chi connectivity index (χ3v) is 5.23. The van der Waals surface area contributed by atoms with Crippen molar-refractivity contribution in [1.82, 2.24) is 14.7 Å². The Morgan fingerprint density at radius 1 is 1.00 bits per heavy atom. The highest BCUT2D eigenvalue weighted by Gasteiger charge is 2.33. The summed E-state index contributed by atoms with van der Waals surface area (Å²) in [5.74, 6) is 0. The van der Waals surface area contributed by atoms with Crippen LogP contribution in [-0.2, 0) is 12.1 Å². The maximum atomic E-state index is 10.9. The number of aryl methyl sites for hydroxylation is 1. The standard InChI is InChI=1S/C18H23Cl2N3O/c19-16-5-3-15(4-6-16)18(24)7-11-22(12-8-18)9-1-2-10-23-14-17(20)13-21-23/h3-6,13-14,24H,1-2,7-12H2. The molecule has 1 aliphatic rings. The van der Waals surface area contributed by atoms with Crippen LogP contribution < -0.4 is 0 Å². The maximum Gasteiger partial charge on any atom is 0.0920 e. The molecule has 0 saturated carbocycles. The highest BCUT2D eigenvalue weighted by molar-refractivity contribution is 6.30. The molecule has 0 radical (unpaired) electrons. The van der Waals surface area contributed by atoms with Gasteiger partial charge in [0.15, 0.2) is 0 Å². The molecule has 1 N–H and O–H groups in total. The highest BCUT2D eigenvalue weighted by atomic mass is 35.5. The third kappa shape index (κ3) is 4.51. The molecule has 4 nitrogen and oxygen atoms in total. The number of piperidine rings is 1. The molecule has 1 saturated heterocycles. The van der Waals surface area contributed by atoms with Gasteiger partial charge in [0.25, 0.3) is 0 Å². The van der Waals surface area contributed by atoms with Gasteiger partial charge in [0, 0.05) is 30.9 Å². The summed E-state index contributed by atoms with van der Waals surface area (Å²) in [6.45, 7) is 3.81. The van der Waals surface area contributed by atoms with Gasteiger partial charge in [0.1, 0.15) is 0 Å². The van der Waals surface area contributed by atoms with Crippen molar-refractivity contribution in [1.29, 1.82) is 0 Å². The fourth-order valence-corrected chi connectivity index (χ4v) is 3.55. The van der Waals surface area contributed by atoms with E-state index < -0.39 is 5.60 Å². The number of aliphatic hydroxyl groups is 1. The first-order chi connectivity index (χ1) is 11.5. The van der Waals surface area contributed by atoms with Crippen LogP contribution in [0.25, 0.3) is 0 Å². The van der Waals surface area contributed by atoms with Crippen LogP contribution >= 0.6 is 23.2 Å². The lowest BCUT2D eigenvalue weighted by molar-refractivity contribution is -0.0261. The molecule has 2 heterocycles. The fourth-order valence-electron chi connectivity index (χ4n) is 3.27. The van der Waals surface area contributed by atoms with Crippen molar-refractivity contribution < 1.29 is 5.11 Å².